The molecule has 0 aromatic carbocycles. The van der Waals surface area contributed by atoms with Crippen molar-refractivity contribution < 1.29 is 43.0 Å². The number of ether oxygens (including phenoxy) is 2. The van der Waals surface area contributed by atoms with Crippen molar-refractivity contribution in [3.8, 4) is 0 Å². The second-order valence-electron chi connectivity index (χ2n) is 15.2. The summed E-state index contributed by atoms with van der Waals surface area (Å²) in [6.45, 7) is 3.43. The Morgan fingerprint density at radius 1 is 0.544 bits per heavy atom. The van der Waals surface area contributed by atoms with E-state index in [0.717, 1.165) is 44.9 Å². The van der Waals surface area contributed by atoms with Gasteiger partial charge in [-0.3, -0.25) is 14.1 Å². The Hall–Kier alpha value is -2.29. The molecule has 0 saturated carbocycles. The molecule has 0 amide bonds. The van der Waals surface area contributed by atoms with Crippen LogP contribution in [0.15, 0.2) is 60.8 Å². The Kier molecular flexibility index (Phi) is 40.2. The molecule has 0 bridgehead atoms. The predicted octanol–water partition coefficient (Wildman–Crippen LogP) is 13.0. The minimum atomic E-state index is -4.81. The highest BCUT2D eigenvalue weighted by Crippen LogP contribution is 2.36. The number of phosphoric ester groups is 1. The molecular formula is C47H83O9P. The molecule has 9 nitrogen and oxygen atoms in total. The topological polar surface area (TPSA) is 140 Å². The van der Waals surface area contributed by atoms with Gasteiger partial charge in [-0.05, 0) is 44.9 Å². The Morgan fingerprint density at radius 2 is 0.982 bits per heavy atom. The molecule has 3 N–H and O–H groups in total. The Bertz CT molecular complexity index is 1120. The molecule has 0 aromatic heterocycles. The van der Waals surface area contributed by atoms with Gasteiger partial charge in [0.25, 0.3) is 0 Å². The molecule has 0 fully saturated rings. The first-order valence-electron chi connectivity index (χ1n) is 22.7. The molecule has 0 aliphatic heterocycles. The van der Waals surface area contributed by atoms with E-state index in [1.54, 1.807) is 12.2 Å². The Balaban J connectivity index is 4.01. The van der Waals surface area contributed by atoms with Crippen LogP contribution in [0.2, 0.25) is 0 Å². The first kappa shape index (κ1) is 54.7. The third-order valence-electron chi connectivity index (χ3n) is 9.65. The highest BCUT2D eigenvalue weighted by molar-refractivity contribution is 7.46. The third kappa shape index (κ3) is 44.7. The Labute approximate surface area is 348 Å². The molecule has 0 aromatic rings. The van der Waals surface area contributed by atoms with Crippen LogP contribution in [0.4, 0.5) is 0 Å². The van der Waals surface area contributed by atoms with E-state index in [1.165, 1.54) is 109 Å². The largest absolute Gasteiger partial charge is 0.469 e. The fourth-order valence-electron chi connectivity index (χ4n) is 6.29. The summed E-state index contributed by atoms with van der Waals surface area (Å²) in [4.78, 5) is 42.9. The lowest BCUT2D eigenvalue weighted by atomic mass is 10.0. The monoisotopic (exact) mass is 823 g/mol. The summed E-state index contributed by atoms with van der Waals surface area (Å²) >= 11 is 0. The van der Waals surface area contributed by atoms with Crippen LogP contribution in [0.5, 0.6) is 0 Å². The van der Waals surface area contributed by atoms with Crippen molar-refractivity contribution in [3.05, 3.63) is 60.8 Å². The average Bonchev–Trinajstić information content (AvgIpc) is 3.18. The number of allylic oxidation sites excluding steroid dienone is 9. The molecule has 0 heterocycles. The quantitative estimate of drug-likeness (QED) is 0.0181. The van der Waals surface area contributed by atoms with Gasteiger partial charge >= 0.3 is 19.8 Å². The first-order valence-corrected chi connectivity index (χ1v) is 24.2. The standard InChI is InChI=1S/C47H83O9P/c1-3-5-7-9-11-13-15-17-18-19-20-21-22-23-24-26-28-30-32-34-36-40-46(49)54-42-45(43-55-57(51,52)53)56-47(50)41-37-39-44(48)38-35-33-31-29-27-25-16-14-12-10-8-6-4-2/h6,8,12,14,25,27,31,33,35,38,44-45,48H,3-5,7,9-11,13,15-24,26,28-30,32,34,36-37,39-43H2,1-2H3,(H2,51,52,53)/b8-6-,14-12-,27-25-,33-31-,38-35+/t44?,45-/m1/s1. The van der Waals surface area contributed by atoms with Crippen molar-refractivity contribution in [2.24, 2.45) is 0 Å². The lowest BCUT2D eigenvalue weighted by molar-refractivity contribution is -0.161. The van der Waals surface area contributed by atoms with Crippen LogP contribution < -0.4 is 0 Å². The van der Waals surface area contributed by atoms with Crippen molar-refractivity contribution in [3.63, 3.8) is 0 Å². The van der Waals surface area contributed by atoms with Crippen molar-refractivity contribution in [1.29, 1.82) is 0 Å². The van der Waals surface area contributed by atoms with E-state index in [2.05, 4.69) is 54.8 Å². The summed E-state index contributed by atoms with van der Waals surface area (Å²) in [6.07, 6.45) is 49.8. The van der Waals surface area contributed by atoms with Gasteiger partial charge in [0.2, 0.25) is 0 Å². The summed E-state index contributed by atoms with van der Waals surface area (Å²) < 4.78 is 26.3. The number of phosphoric acid groups is 1. The minimum Gasteiger partial charge on any atom is -0.462 e. The van der Waals surface area contributed by atoms with Crippen LogP contribution in [-0.4, -0.2) is 52.3 Å². The molecule has 57 heavy (non-hydrogen) atoms. The van der Waals surface area contributed by atoms with Crippen LogP contribution in [-0.2, 0) is 28.2 Å². The summed E-state index contributed by atoms with van der Waals surface area (Å²) in [5.41, 5.74) is 0. The van der Waals surface area contributed by atoms with Crippen LogP contribution in [0, 0.1) is 0 Å². The summed E-state index contributed by atoms with van der Waals surface area (Å²) in [5.74, 6) is -1.09. The smallest absolute Gasteiger partial charge is 0.462 e. The number of rotatable bonds is 41. The first-order chi connectivity index (χ1) is 27.7. The van der Waals surface area contributed by atoms with Gasteiger partial charge in [0, 0.05) is 12.8 Å². The number of aliphatic hydroxyl groups is 1. The molecular weight excluding hydrogens is 739 g/mol. The van der Waals surface area contributed by atoms with Crippen LogP contribution in [0.3, 0.4) is 0 Å². The van der Waals surface area contributed by atoms with Gasteiger partial charge in [-0.15, -0.1) is 0 Å². The Morgan fingerprint density at radius 3 is 1.46 bits per heavy atom. The van der Waals surface area contributed by atoms with E-state index in [0.29, 0.717) is 19.3 Å². The lowest BCUT2D eigenvalue weighted by Crippen LogP contribution is -2.29. The highest BCUT2D eigenvalue weighted by atomic mass is 31.2. The van der Waals surface area contributed by atoms with Crippen LogP contribution in [0.1, 0.15) is 200 Å². The number of hydrogen-bond donors (Lipinski definition) is 3. The van der Waals surface area contributed by atoms with E-state index >= 15 is 0 Å². The zero-order valence-corrected chi connectivity index (χ0v) is 37.0. The number of carbonyl (C=O) groups is 2. The van der Waals surface area contributed by atoms with Gasteiger partial charge < -0.3 is 24.4 Å². The molecule has 0 aliphatic rings. The minimum absolute atomic E-state index is 0.0192. The highest BCUT2D eigenvalue weighted by Gasteiger charge is 2.23. The second kappa shape index (κ2) is 41.9. The molecule has 2 atom stereocenters. The van der Waals surface area contributed by atoms with Crippen molar-refractivity contribution in [1.82, 2.24) is 0 Å². The molecule has 0 radical (unpaired) electrons. The normalized spacial score (nSPS) is 13.6. The van der Waals surface area contributed by atoms with E-state index in [4.69, 9.17) is 19.3 Å². The molecule has 330 valence electrons. The maximum absolute atomic E-state index is 12.4. The summed E-state index contributed by atoms with van der Waals surface area (Å²) in [7, 11) is -4.81. The zero-order chi connectivity index (χ0) is 41.9. The fraction of sp³-hybridized carbons (Fsp3) is 0.745. The lowest BCUT2D eigenvalue weighted by Gasteiger charge is -2.18. The maximum Gasteiger partial charge on any atom is 0.469 e. The van der Waals surface area contributed by atoms with Crippen molar-refractivity contribution in [2.45, 2.75) is 212 Å². The van der Waals surface area contributed by atoms with Gasteiger partial charge in [-0.1, -0.05) is 203 Å². The van der Waals surface area contributed by atoms with E-state index in [-0.39, 0.29) is 19.4 Å². The SMILES string of the molecule is CC/C=C\C/C=C\C/C=C\C/C=C\C=C\C(O)CCCC(=O)O[C@H](COC(=O)CCCCCCCCCCCCCCCCCCCCCCC)COP(=O)(O)O. The van der Waals surface area contributed by atoms with E-state index < -0.39 is 38.6 Å². The summed E-state index contributed by atoms with van der Waals surface area (Å²) in [6, 6.07) is 0. The van der Waals surface area contributed by atoms with Gasteiger partial charge in [-0.25, -0.2) is 4.57 Å². The molecule has 0 saturated heterocycles. The maximum atomic E-state index is 12.4. The molecule has 0 aliphatic carbocycles. The molecule has 10 heteroatoms. The molecule has 0 rings (SSSR count). The molecule has 1 unspecified atom stereocenters. The number of aliphatic hydroxyl groups excluding tert-OH is 1. The zero-order valence-electron chi connectivity index (χ0n) is 36.1. The summed E-state index contributed by atoms with van der Waals surface area (Å²) in [5, 5.41) is 10.2. The van der Waals surface area contributed by atoms with Gasteiger partial charge in [0.05, 0.1) is 12.7 Å². The fourth-order valence-corrected chi connectivity index (χ4v) is 6.65. The van der Waals surface area contributed by atoms with Crippen LogP contribution in [0.25, 0.3) is 0 Å². The number of hydrogen-bond acceptors (Lipinski definition) is 7. The molecule has 0 spiro atoms. The van der Waals surface area contributed by atoms with E-state index in [1.807, 2.05) is 12.2 Å². The van der Waals surface area contributed by atoms with Gasteiger partial charge in [-0.2, -0.15) is 0 Å². The number of esters is 2. The predicted molar refractivity (Wildman–Crippen MR) is 236 cm³/mol. The number of carbonyl (C=O) groups excluding carboxylic acids is 2. The van der Waals surface area contributed by atoms with Crippen molar-refractivity contribution in [2.75, 3.05) is 13.2 Å². The van der Waals surface area contributed by atoms with Crippen LogP contribution >= 0.6 is 7.82 Å². The third-order valence-corrected chi connectivity index (χ3v) is 10.1. The van der Waals surface area contributed by atoms with E-state index in [9.17, 15) is 19.3 Å². The van der Waals surface area contributed by atoms with Gasteiger partial charge in [0.1, 0.15) is 6.61 Å². The average molecular weight is 823 g/mol. The van der Waals surface area contributed by atoms with Crippen molar-refractivity contribution >= 4 is 19.8 Å². The second-order valence-corrected chi connectivity index (χ2v) is 16.4. The number of unbranched alkanes of at least 4 members (excludes halogenated alkanes) is 20. The van der Waals surface area contributed by atoms with Gasteiger partial charge in [0.15, 0.2) is 6.10 Å².